The minimum atomic E-state index is -4.27. The lowest BCUT2D eigenvalue weighted by Crippen LogP contribution is -2.44. The Hall–Kier alpha value is -2.45. The standard InChI is InChI=1S/C14H14F3N5O/c15-14(16,17)11-2-1-5-21(7-11)13(23)10-3-4-19-12(6-10)22-9-18-8-20-22/h3-4,6,8-9,11H,1-2,5,7H2/t11-/m0/s1. The van der Waals surface area contributed by atoms with Gasteiger partial charge >= 0.3 is 6.18 Å². The van der Waals surface area contributed by atoms with Crippen molar-refractivity contribution in [3.05, 3.63) is 36.5 Å². The van der Waals surface area contributed by atoms with Crippen LogP contribution in [0.3, 0.4) is 0 Å². The summed E-state index contributed by atoms with van der Waals surface area (Å²) in [4.78, 5) is 21.6. The van der Waals surface area contributed by atoms with Gasteiger partial charge in [-0.25, -0.2) is 14.6 Å². The number of aromatic nitrogens is 4. The molecule has 0 N–H and O–H groups in total. The Morgan fingerprint density at radius 1 is 1.35 bits per heavy atom. The first-order chi connectivity index (χ1) is 10.9. The van der Waals surface area contributed by atoms with Crippen LogP contribution in [0.5, 0.6) is 0 Å². The average Bonchev–Trinajstić information content (AvgIpc) is 3.08. The number of carbonyl (C=O) groups excluding carboxylic acids is 1. The SMILES string of the molecule is O=C(c1ccnc(-n2cncn2)c1)N1CCC[C@H](C(F)(F)F)C1. The highest BCUT2D eigenvalue weighted by Crippen LogP contribution is 2.33. The fourth-order valence-electron chi connectivity index (χ4n) is 2.61. The monoisotopic (exact) mass is 325 g/mol. The summed E-state index contributed by atoms with van der Waals surface area (Å²) in [5, 5.41) is 3.91. The van der Waals surface area contributed by atoms with Crippen LogP contribution in [0.2, 0.25) is 0 Å². The van der Waals surface area contributed by atoms with E-state index in [9.17, 15) is 18.0 Å². The van der Waals surface area contributed by atoms with Crippen molar-refractivity contribution in [2.75, 3.05) is 13.1 Å². The topological polar surface area (TPSA) is 63.9 Å². The molecule has 0 radical (unpaired) electrons. The normalized spacial score (nSPS) is 18.9. The van der Waals surface area contributed by atoms with Crippen LogP contribution in [0, 0.1) is 5.92 Å². The van der Waals surface area contributed by atoms with Crippen molar-refractivity contribution < 1.29 is 18.0 Å². The molecular formula is C14H14F3N5O. The van der Waals surface area contributed by atoms with Gasteiger partial charge in [-0.1, -0.05) is 0 Å². The van der Waals surface area contributed by atoms with Crippen molar-refractivity contribution in [2.45, 2.75) is 19.0 Å². The van der Waals surface area contributed by atoms with E-state index >= 15 is 0 Å². The molecule has 1 saturated heterocycles. The second kappa shape index (κ2) is 5.98. The van der Waals surface area contributed by atoms with E-state index < -0.39 is 18.0 Å². The van der Waals surface area contributed by atoms with Gasteiger partial charge in [0.2, 0.25) is 0 Å². The first kappa shape index (κ1) is 15.4. The van der Waals surface area contributed by atoms with Gasteiger partial charge in [0.15, 0.2) is 5.82 Å². The van der Waals surface area contributed by atoms with E-state index in [0.717, 1.165) is 0 Å². The van der Waals surface area contributed by atoms with Gasteiger partial charge in [0.1, 0.15) is 12.7 Å². The van der Waals surface area contributed by atoms with E-state index in [1.807, 2.05) is 0 Å². The van der Waals surface area contributed by atoms with E-state index in [2.05, 4.69) is 15.1 Å². The molecule has 6 nitrogen and oxygen atoms in total. The maximum atomic E-state index is 12.9. The second-order valence-corrected chi connectivity index (χ2v) is 5.37. The highest BCUT2D eigenvalue weighted by molar-refractivity contribution is 5.94. The van der Waals surface area contributed by atoms with Crippen molar-refractivity contribution in [1.29, 1.82) is 0 Å². The molecule has 0 unspecified atom stereocenters. The van der Waals surface area contributed by atoms with Crippen molar-refractivity contribution in [1.82, 2.24) is 24.6 Å². The van der Waals surface area contributed by atoms with Crippen molar-refractivity contribution in [3.63, 3.8) is 0 Å². The van der Waals surface area contributed by atoms with E-state index in [1.165, 1.54) is 40.6 Å². The Bertz CT molecular complexity index is 686. The first-order valence-corrected chi connectivity index (χ1v) is 7.12. The maximum absolute atomic E-state index is 12.9. The summed E-state index contributed by atoms with van der Waals surface area (Å²) in [6.45, 7) is 0.0235. The molecule has 3 heterocycles. The number of pyridine rings is 1. The van der Waals surface area contributed by atoms with Gasteiger partial charge in [0.05, 0.1) is 5.92 Å². The van der Waals surface area contributed by atoms with Gasteiger partial charge in [-0.3, -0.25) is 4.79 Å². The Morgan fingerprint density at radius 2 is 2.17 bits per heavy atom. The molecule has 2 aromatic rings. The number of carbonyl (C=O) groups is 1. The molecule has 1 fully saturated rings. The molecule has 3 rings (SSSR count). The van der Waals surface area contributed by atoms with E-state index in [4.69, 9.17) is 0 Å². The number of halogens is 3. The number of piperidine rings is 1. The highest BCUT2D eigenvalue weighted by Gasteiger charge is 2.42. The number of hydrogen-bond acceptors (Lipinski definition) is 4. The van der Waals surface area contributed by atoms with Gasteiger partial charge in [-0.05, 0) is 25.0 Å². The Morgan fingerprint density at radius 3 is 2.87 bits per heavy atom. The van der Waals surface area contributed by atoms with Gasteiger partial charge in [0.25, 0.3) is 5.91 Å². The Kier molecular flexibility index (Phi) is 4.01. The van der Waals surface area contributed by atoms with E-state index in [1.54, 1.807) is 0 Å². The number of amides is 1. The number of rotatable bonds is 2. The lowest BCUT2D eigenvalue weighted by molar-refractivity contribution is -0.184. The lowest BCUT2D eigenvalue weighted by atomic mass is 9.97. The van der Waals surface area contributed by atoms with Crippen LogP contribution < -0.4 is 0 Å². The summed E-state index contributed by atoms with van der Waals surface area (Å²) < 4.78 is 40.0. The van der Waals surface area contributed by atoms with Crippen molar-refractivity contribution in [2.24, 2.45) is 5.92 Å². The van der Waals surface area contributed by atoms with Crippen LogP contribution in [0.4, 0.5) is 13.2 Å². The van der Waals surface area contributed by atoms with Crippen LogP contribution in [-0.4, -0.2) is 49.8 Å². The third kappa shape index (κ3) is 3.33. The quantitative estimate of drug-likeness (QED) is 0.848. The molecule has 0 aliphatic carbocycles. The molecular weight excluding hydrogens is 311 g/mol. The van der Waals surface area contributed by atoms with Gasteiger partial charge in [-0.2, -0.15) is 18.3 Å². The zero-order chi connectivity index (χ0) is 16.4. The highest BCUT2D eigenvalue weighted by atomic mass is 19.4. The van der Waals surface area contributed by atoms with Crippen LogP contribution in [0.15, 0.2) is 31.0 Å². The van der Waals surface area contributed by atoms with Gasteiger partial charge < -0.3 is 4.90 Å². The summed E-state index contributed by atoms with van der Waals surface area (Å²) in [6.07, 6.45) is 0.315. The molecule has 0 spiro atoms. The molecule has 0 aromatic carbocycles. The van der Waals surface area contributed by atoms with Crippen LogP contribution in [-0.2, 0) is 0 Å². The number of nitrogens with zero attached hydrogens (tertiary/aromatic N) is 5. The fraction of sp³-hybridized carbons (Fsp3) is 0.429. The predicted octanol–water partition coefficient (Wildman–Crippen LogP) is 2.08. The lowest BCUT2D eigenvalue weighted by Gasteiger charge is -2.33. The van der Waals surface area contributed by atoms with E-state index in [-0.39, 0.29) is 18.5 Å². The minimum absolute atomic E-state index is 0.0633. The number of alkyl halides is 3. The molecule has 23 heavy (non-hydrogen) atoms. The molecule has 1 atom stereocenters. The second-order valence-electron chi connectivity index (χ2n) is 5.37. The summed E-state index contributed by atoms with van der Waals surface area (Å²) in [5.74, 6) is -1.50. The van der Waals surface area contributed by atoms with Crippen LogP contribution in [0.1, 0.15) is 23.2 Å². The molecule has 0 saturated carbocycles. The minimum Gasteiger partial charge on any atom is -0.338 e. The van der Waals surface area contributed by atoms with Gasteiger partial charge in [0, 0.05) is 24.8 Å². The molecule has 1 aliphatic rings. The van der Waals surface area contributed by atoms with Crippen LogP contribution >= 0.6 is 0 Å². The zero-order valence-corrected chi connectivity index (χ0v) is 12.1. The maximum Gasteiger partial charge on any atom is 0.393 e. The predicted molar refractivity (Wildman–Crippen MR) is 73.8 cm³/mol. The third-order valence-electron chi connectivity index (χ3n) is 3.82. The number of likely N-dealkylation sites (tertiary alicyclic amines) is 1. The van der Waals surface area contributed by atoms with Crippen molar-refractivity contribution >= 4 is 5.91 Å². The largest absolute Gasteiger partial charge is 0.393 e. The summed E-state index contributed by atoms with van der Waals surface area (Å²) in [6, 6.07) is 2.98. The molecule has 1 amide bonds. The summed E-state index contributed by atoms with van der Waals surface area (Å²) >= 11 is 0. The third-order valence-corrected chi connectivity index (χ3v) is 3.82. The molecule has 0 bridgehead atoms. The average molecular weight is 325 g/mol. The van der Waals surface area contributed by atoms with E-state index in [0.29, 0.717) is 18.8 Å². The first-order valence-electron chi connectivity index (χ1n) is 7.12. The van der Waals surface area contributed by atoms with Crippen molar-refractivity contribution in [3.8, 4) is 5.82 Å². The van der Waals surface area contributed by atoms with Crippen LogP contribution in [0.25, 0.3) is 5.82 Å². The molecule has 122 valence electrons. The zero-order valence-electron chi connectivity index (χ0n) is 12.1. The smallest absolute Gasteiger partial charge is 0.338 e. The summed E-state index contributed by atoms with van der Waals surface area (Å²) in [5.41, 5.74) is 0.285. The number of hydrogen-bond donors (Lipinski definition) is 0. The molecule has 1 aliphatic heterocycles. The fourth-order valence-corrected chi connectivity index (χ4v) is 2.61. The Labute approximate surface area is 130 Å². The molecule has 2 aromatic heterocycles. The summed E-state index contributed by atoms with van der Waals surface area (Å²) in [7, 11) is 0. The molecule has 9 heteroatoms. The Balaban J connectivity index is 1.79. The van der Waals surface area contributed by atoms with Gasteiger partial charge in [-0.15, -0.1) is 0 Å².